The van der Waals surface area contributed by atoms with Crippen molar-refractivity contribution in [2.24, 2.45) is 0 Å². The number of nitrogens with zero attached hydrogens (tertiary/aromatic N) is 1. The van der Waals surface area contributed by atoms with Gasteiger partial charge in [0.15, 0.2) is 0 Å². The smallest absolute Gasteiger partial charge is 0.273 e. The third kappa shape index (κ3) is 4.18. The standard InChI is InChI=1S/C13H17ClN2O4/c1-9-11(4-3-5-12(9)16(18)19)13(17)15-10(6-7-14)8-20-2/h3-5,10H,6-8H2,1-2H3,(H,15,17). The summed E-state index contributed by atoms with van der Waals surface area (Å²) in [7, 11) is 1.53. The molecular weight excluding hydrogens is 284 g/mol. The van der Waals surface area contributed by atoms with Crippen molar-refractivity contribution in [1.82, 2.24) is 5.32 Å². The van der Waals surface area contributed by atoms with Gasteiger partial charge in [-0.25, -0.2) is 0 Å². The maximum atomic E-state index is 12.2. The molecule has 0 heterocycles. The van der Waals surface area contributed by atoms with E-state index in [0.29, 0.717) is 24.5 Å². The highest BCUT2D eigenvalue weighted by Crippen LogP contribution is 2.21. The zero-order valence-electron chi connectivity index (χ0n) is 11.4. The summed E-state index contributed by atoms with van der Waals surface area (Å²) in [6, 6.07) is 4.20. The van der Waals surface area contributed by atoms with Gasteiger partial charge < -0.3 is 10.1 Å². The van der Waals surface area contributed by atoms with Crippen molar-refractivity contribution in [2.45, 2.75) is 19.4 Å². The molecule has 1 unspecified atom stereocenters. The highest BCUT2D eigenvalue weighted by molar-refractivity contribution is 6.17. The van der Waals surface area contributed by atoms with Gasteiger partial charge in [0, 0.05) is 30.2 Å². The maximum Gasteiger partial charge on any atom is 0.273 e. The normalized spacial score (nSPS) is 11.9. The summed E-state index contributed by atoms with van der Waals surface area (Å²) < 4.78 is 5.00. The third-order valence-corrected chi connectivity index (χ3v) is 3.13. The van der Waals surface area contributed by atoms with Gasteiger partial charge in [-0.15, -0.1) is 11.6 Å². The van der Waals surface area contributed by atoms with E-state index in [0.717, 1.165) is 0 Å². The van der Waals surface area contributed by atoms with Gasteiger partial charge in [0.25, 0.3) is 11.6 Å². The predicted molar refractivity (Wildman–Crippen MR) is 76.3 cm³/mol. The number of nitro groups is 1. The molecule has 0 aliphatic carbocycles. The second kappa shape index (κ2) is 7.81. The molecule has 110 valence electrons. The number of hydrogen-bond donors (Lipinski definition) is 1. The number of amides is 1. The summed E-state index contributed by atoms with van der Waals surface area (Å²) in [5.41, 5.74) is 0.560. The molecule has 1 aromatic carbocycles. The highest BCUT2D eigenvalue weighted by atomic mass is 35.5. The van der Waals surface area contributed by atoms with Crippen LogP contribution >= 0.6 is 11.6 Å². The first kappa shape index (κ1) is 16.4. The van der Waals surface area contributed by atoms with Crippen molar-refractivity contribution < 1.29 is 14.5 Å². The second-order valence-corrected chi connectivity index (χ2v) is 4.69. The van der Waals surface area contributed by atoms with Crippen LogP contribution in [0.3, 0.4) is 0 Å². The number of halogens is 1. The van der Waals surface area contributed by atoms with Gasteiger partial charge >= 0.3 is 0 Å². The van der Waals surface area contributed by atoms with Crippen molar-refractivity contribution >= 4 is 23.2 Å². The number of ether oxygens (including phenoxy) is 1. The SMILES string of the molecule is COCC(CCCl)NC(=O)c1cccc([N+](=O)[O-])c1C. The Morgan fingerprint density at radius 1 is 1.55 bits per heavy atom. The van der Waals surface area contributed by atoms with E-state index in [9.17, 15) is 14.9 Å². The average Bonchev–Trinajstić information content (AvgIpc) is 2.39. The molecule has 0 aliphatic heterocycles. The van der Waals surface area contributed by atoms with Crippen molar-refractivity contribution in [3.63, 3.8) is 0 Å². The van der Waals surface area contributed by atoms with E-state index >= 15 is 0 Å². The minimum absolute atomic E-state index is 0.0710. The van der Waals surface area contributed by atoms with E-state index in [2.05, 4.69) is 5.32 Å². The van der Waals surface area contributed by atoms with Crippen molar-refractivity contribution in [1.29, 1.82) is 0 Å². The first-order valence-electron chi connectivity index (χ1n) is 6.11. The van der Waals surface area contributed by atoms with Gasteiger partial charge in [0.1, 0.15) is 0 Å². The molecule has 1 rings (SSSR count). The number of methoxy groups -OCH3 is 1. The zero-order chi connectivity index (χ0) is 15.1. The van der Waals surface area contributed by atoms with Crippen LogP contribution in [0.2, 0.25) is 0 Å². The molecule has 0 saturated carbocycles. The zero-order valence-corrected chi connectivity index (χ0v) is 12.1. The number of carbonyl (C=O) groups excluding carboxylic acids is 1. The number of nitro benzene ring substituents is 1. The van der Waals surface area contributed by atoms with E-state index in [1.807, 2.05) is 0 Å². The van der Waals surface area contributed by atoms with Crippen LogP contribution in [0.4, 0.5) is 5.69 Å². The Balaban J connectivity index is 2.91. The molecule has 6 nitrogen and oxygen atoms in total. The van der Waals surface area contributed by atoms with E-state index in [1.165, 1.54) is 19.2 Å². The molecule has 0 bridgehead atoms. The number of alkyl halides is 1. The third-order valence-electron chi connectivity index (χ3n) is 2.91. The van der Waals surface area contributed by atoms with E-state index in [1.54, 1.807) is 13.0 Å². The maximum absolute atomic E-state index is 12.2. The largest absolute Gasteiger partial charge is 0.383 e. The first-order chi connectivity index (χ1) is 9.51. The van der Waals surface area contributed by atoms with E-state index in [4.69, 9.17) is 16.3 Å². The molecule has 1 aromatic rings. The average molecular weight is 301 g/mol. The van der Waals surface area contributed by atoms with Crippen LogP contribution in [0.25, 0.3) is 0 Å². The molecule has 0 radical (unpaired) electrons. The molecule has 7 heteroatoms. The summed E-state index contributed by atoms with van der Waals surface area (Å²) in [5.74, 6) is 0.0285. The summed E-state index contributed by atoms with van der Waals surface area (Å²) in [6.07, 6.45) is 0.565. The van der Waals surface area contributed by atoms with Gasteiger partial charge in [-0.05, 0) is 19.4 Å². The lowest BCUT2D eigenvalue weighted by molar-refractivity contribution is -0.385. The molecule has 0 saturated heterocycles. The number of benzene rings is 1. The summed E-state index contributed by atoms with van der Waals surface area (Å²) in [5, 5.41) is 13.6. The molecule has 0 aliphatic rings. The Kier molecular flexibility index (Phi) is 6.41. The molecule has 0 spiro atoms. The van der Waals surface area contributed by atoms with Crippen LogP contribution in [0.5, 0.6) is 0 Å². The topological polar surface area (TPSA) is 81.5 Å². The number of nitrogens with one attached hydrogen (secondary N) is 1. The van der Waals surface area contributed by atoms with Gasteiger partial charge in [-0.2, -0.15) is 0 Å². The molecular formula is C13H17ClN2O4. The van der Waals surface area contributed by atoms with E-state index < -0.39 is 4.92 Å². The van der Waals surface area contributed by atoms with Crippen molar-refractivity contribution in [3.8, 4) is 0 Å². The van der Waals surface area contributed by atoms with Crippen LogP contribution < -0.4 is 5.32 Å². The summed E-state index contributed by atoms with van der Waals surface area (Å²) in [6.45, 7) is 1.90. The fourth-order valence-corrected chi connectivity index (χ4v) is 2.12. The number of carbonyl (C=O) groups is 1. The Labute approximate surface area is 122 Å². The van der Waals surface area contributed by atoms with Crippen LogP contribution in [0, 0.1) is 17.0 Å². The molecule has 0 fully saturated rings. The lowest BCUT2D eigenvalue weighted by atomic mass is 10.1. The van der Waals surface area contributed by atoms with Crippen molar-refractivity contribution in [2.75, 3.05) is 19.6 Å². The van der Waals surface area contributed by atoms with Crippen LogP contribution in [0.1, 0.15) is 22.3 Å². The first-order valence-corrected chi connectivity index (χ1v) is 6.64. The Bertz CT molecular complexity index is 487. The minimum Gasteiger partial charge on any atom is -0.383 e. The molecule has 20 heavy (non-hydrogen) atoms. The lowest BCUT2D eigenvalue weighted by Gasteiger charge is -2.17. The minimum atomic E-state index is -0.502. The molecule has 1 N–H and O–H groups in total. The van der Waals surface area contributed by atoms with Gasteiger partial charge in [-0.3, -0.25) is 14.9 Å². The predicted octanol–water partition coefficient (Wildman–Crippen LogP) is 2.28. The fraction of sp³-hybridized carbons (Fsp3) is 0.462. The monoisotopic (exact) mass is 300 g/mol. The van der Waals surface area contributed by atoms with Crippen LogP contribution in [-0.4, -0.2) is 36.5 Å². The van der Waals surface area contributed by atoms with Gasteiger partial charge in [-0.1, -0.05) is 6.07 Å². The van der Waals surface area contributed by atoms with Gasteiger partial charge in [0.05, 0.1) is 17.6 Å². The summed E-state index contributed by atoms with van der Waals surface area (Å²) in [4.78, 5) is 22.5. The molecule has 1 atom stereocenters. The van der Waals surface area contributed by atoms with Crippen molar-refractivity contribution in [3.05, 3.63) is 39.4 Å². The fourth-order valence-electron chi connectivity index (χ4n) is 1.86. The van der Waals surface area contributed by atoms with Crippen LogP contribution in [0.15, 0.2) is 18.2 Å². The molecule has 1 amide bonds. The Morgan fingerprint density at radius 3 is 2.80 bits per heavy atom. The van der Waals surface area contributed by atoms with E-state index in [-0.39, 0.29) is 23.2 Å². The van der Waals surface area contributed by atoms with Gasteiger partial charge in [0.2, 0.25) is 0 Å². The number of rotatable bonds is 7. The molecule has 0 aromatic heterocycles. The number of hydrogen-bond acceptors (Lipinski definition) is 4. The second-order valence-electron chi connectivity index (χ2n) is 4.31. The quantitative estimate of drug-likeness (QED) is 0.476. The Morgan fingerprint density at radius 2 is 2.25 bits per heavy atom. The van der Waals surface area contributed by atoms with Crippen LogP contribution in [-0.2, 0) is 4.74 Å². The lowest BCUT2D eigenvalue weighted by Crippen LogP contribution is -2.38. The highest BCUT2D eigenvalue weighted by Gasteiger charge is 2.20. The Hall–Kier alpha value is -1.66. The summed E-state index contributed by atoms with van der Waals surface area (Å²) >= 11 is 5.66.